The molecule has 0 atom stereocenters. The standard InChI is InChI=1S/C19H21N3/c1-2-3-4-5-6-7-8-9-12-18-19(15-20)22-17-14-11-10-13-16(17)21-18/h10-11,13-14H,2-8H2,1H3. The Morgan fingerprint density at radius 1 is 0.909 bits per heavy atom. The van der Waals surface area contributed by atoms with Crippen molar-refractivity contribution in [2.45, 2.75) is 51.9 Å². The number of benzene rings is 1. The summed E-state index contributed by atoms with van der Waals surface area (Å²) in [7, 11) is 0. The third-order valence-electron chi connectivity index (χ3n) is 3.54. The number of unbranched alkanes of at least 4 members (excludes halogenated alkanes) is 6. The number of para-hydroxylation sites is 2. The van der Waals surface area contributed by atoms with Gasteiger partial charge < -0.3 is 0 Å². The summed E-state index contributed by atoms with van der Waals surface area (Å²) in [6.45, 7) is 2.23. The van der Waals surface area contributed by atoms with E-state index in [1.54, 1.807) is 0 Å². The molecule has 0 fully saturated rings. The summed E-state index contributed by atoms with van der Waals surface area (Å²) in [6.07, 6.45) is 8.39. The third kappa shape index (κ3) is 4.57. The first-order valence-corrected chi connectivity index (χ1v) is 8.01. The number of aromatic nitrogens is 2. The minimum Gasteiger partial charge on any atom is -0.235 e. The molecule has 112 valence electrons. The zero-order valence-electron chi connectivity index (χ0n) is 13.1. The van der Waals surface area contributed by atoms with Crippen LogP contribution in [0, 0.1) is 23.2 Å². The number of hydrogen-bond acceptors (Lipinski definition) is 3. The summed E-state index contributed by atoms with van der Waals surface area (Å²) in [6, 6.07) is 9.64. The molecule has 0 radical (unpaired) electrons. The SMILES string of the molecule is CCCCCCCCC#Cc1nc2ccccc2nc1C#N. The van der Waals surface area contributed by atoms with E-state index in [0.29, 0.717) is 11.4 Å². The maximum Gasteiger partial charge on any atom is 0.175 e. The summed E-state index contributed by atoms with van der Waals surface area (Å²) in [4.78, 5) is 8.76. The van der Waals surface area contributed by atoms with Gasteiger partial charge in [-0.15, -0.1) is 0 Å². The van der Waals surface area contributed by atoms with E-state index < -0.39 is 0 Å². The van der Waals surface area contributed by atoms with Crippen LogP contribution in [0.25, 0.3) is 11.0 Å². The van der Waals surface area contributed by atoms with Gasteiger partial charge in [0.15, 0.2) is 5.69 Å². The average molecular weight is 291 g/mol. The van der Waals surface area contributed by atoms with Gasteiger partial charge in [-0.25, -0.2) is 9.97 Å². The maximum atomic E-state index is 9.18. The summed E-state index contributed by atoms with van der Waals surface area (Å²) in [5.41, 5.74) is 2.33. The lowest BCUT2D eigenvalue weighted by atomic mass is 10.1. The molecule has 0 aliphatic rings. The second-order valence-corrected chi connectivity index (χ2v) is 5.34. The quantitative estimate of drug-likeness (QED) is 0.577. The van der Waals surface area contributed by atoms with Crippen LogP contribution in [-0.4, -0.2) is 9.97 Å². The molecule has 0 spiro atoms. The van der Waals surface area contributed by atoms with Crippen molar-refractivity contribution in [1.82, 2.24) is 9.97 Å². The first kappa shape index (κ1) is 16.0. The molecule has 3 nitrogen and oxygen atoms in total. The fraction of sp³-hybridized carbons (Fsp3) is 0.421. The predicted octanol–water partition coefficient (Wildman–Crippen LogP) is 4.60. The molecule has 0 aliphatic carbocycles. The molecule has 0 saturated carbocycles. The van der Waals surface area contributed by atoms with Crippen LogP contribution in [0.1, 0.15) is 63.3 Å². The van der Waals surface area contributed by atoms with Crippen LogP contribution in [-0.2, 0) is 0 Å². The zero-order chi connectivity index (χ0) is 15.6. The van der Waals surface area contributed by atoms with Gasteiger partial charge in [0, 0.05) is 6.42 Å². The van der Waals surface area contributed by atoms with Crippen molar-refractivity contribution in [2.24, 2.45) is 0 Å². The average Bonchev–Trinajstić information content (AvgIpc) is 2.56. The van der Waals surface area contributed by atoms with Gasteiger partial charge in [-0.3, -0.25) is 0 Å². The van der Waals surface area contributed by atoms with Crippen LogP contribution in [0.15, 0.2) is 24.3 Å². The van der Waals surface area contributed by atoms with Crippen molar-refractivity contribution in [2.75, 3.05) is 0 Å². The molecule has 1 aromatic heterocycles. The van der Waals surface area contributed by atoms with E-state index in [1.807, 2.05) is 24.3 Å². The highest BCUT2D eigenvalue weighted by atomic mass is 14.8. The van der Waals surface area contributed by atoms with Gasteiger partial charge in [0.05, 0.1) is 11.0 Å². The summed E-state index contributed by atoms with van der Waals surface area (Å²) < 4.78 is 0. The smallest absolute Gasteiger partial charge is 0.175 e. The number of nitriles is 1. The van der Waals surface area contributed by atoms with Gasteiger partial charge in [-0.2, -0.15) is 5.26 Å². The molecule has 22 heavy (non-hydrogen) atoms. The second-order valence-electron chi connectivity index (χ2n) is 5.34. The number of rotatable bonds is 6. The normalized spacial score (nSPS) is 10.0. The predicted molar refractivity (Wildman–Crippen MR) is 89.1 cm³/mol. The molecule has 2 rings (SSSR count). The van der Waals surface area contributed by atoms with E-state index in [9.17, 15) is 5.26 Å². The van der Waals surface area contributed by atoms with Gasteiger partial charge >= 0.3 is 0 Å². The monoisotopic (exact) mass is 291 g/mol. The van der Waals surface area contributed by atoms with Crippen LogP contribution in [0.5, 0.6) is 0 Å². The zero-order valence-corrected chi connectivity index (χ0v) is 13.1. The van der Waals surface area contributed by atoms with Crippen molar-refractivity contribution in [3.63, 3.8) is 0 Å². The Kier molecular flexibility index (Phi) is 6.39. The Bertz CT molecular complexity index is 717. The lowest BCUT2D eigenvalue weighted by molar-refractivity contribution is 0.614. The molecule has 0 bridgehead atoms. The topological polar surface area (TPSA) is 49.6 Å². The molecule has 0 saturated heterocycles. The Balaban J connectivity index is 1.96. The Labute approximate surface area is 132 Å². The van der Waals surface area contributed by atoms with Crippen molar-refractivity contribution in [3.05, 3.63) is 35.7 Å². The Morgan fingerprint density at radius 3 is 2.23 bits per heavy atom. The first-order valence-electron chi connectivity index (χ1n) is 8.01. The van der Waals surface area contributed by atoms with Gasteiger partial charge in [0.1, 0.15) is 11.8 Å². The summed E-state index contributed by atoms with van der Waals surface area (Å²) in [5.74, 6) is 6.14. The molecule has 1 aromatic carbocycles. The second kappa shape index (κ2) is 8.80. The van der Waals surface area contributed by atoms with Crippen LogP contribution >= 0.6 is 0 Å². The fourth-order valence-corrected chi connectivity index (χ4v) is 2.31. The van der Waals surface area contributed by atoms with Crippen LogP contribution in [0.4, 0.5) is 0 Å². The van der Waals surface area contributed by atoms with E-state index in [2.05, 4.69) is 34.8 Å². The number of hydrogen-bond donors (Lipinski definition) is 0. The van der Waals surface area contributed by atoms with Crippen LogP contribution in [0.3, 0.4) is 0 Å². The van der Waals surface area contributed by atoms with E-state index in [4.69, 9.17) is 0 Å². The lowest BCUT2D eigenvalue weighted by Crippen LogP contribution is -1.95. The van der Waals surface area contributed by atoms with Gasteiger partial charge in [0.2, 0.25) is 0 Å². The Hall–Kier alpha value is -2.39. The maximum absolute atomic E-state index is 9.18. The van der Waals surface area contributed by atoms with Gasteiger partial charge in [-0.05, 0) is 24.5 Å². The highest BCUT2D eigenvalue weighted by Crippen LogP contribution is 2.12. The molecule has 0 aliphatic heterocycles. The molecule has 2 aromatic rings. The molecular formula is C19H21N3. The molecule has 1 heterocycles. The van der Waals surface area contributed by atoms with Crippen molar-refractivity contribution in [3.8, 4) is 17.9 Å². The highest BCUT2D eigenvalue weighted by Gasteiger charge is 2.05. The van der Waals surface area contributed by atoms with E-state index in [0.717, 1.165) is 23.9 Å². The van der Waals surface area contributed by atoms with E-state index in [1.165, 1.54) is 32.1 Å². The lowest BCUT2D eigenvalue weighted by Gasteiger charge is -1.99. The highest BCUT2D eigenvalue weighted by molar-refractivity contribution is 5.75. The van der Waals surface area contributed by atoms with E-state index in [-0.39, 0.29) is 0 Å². The molecule has 0 unspecified atom stereocenters. The molecule has 0 N–H and O–H groups in total. The van der Waals surface area contributed by atoms with Crippen molar-refractivity contribution >= 4 is 11.0 Å². The Morgan fingerprint density at radius 2 is 1.55 bits per heavy atom. The van der Waals surface area contributed by atoms with Gasteiger partial charge in [-0.1, -0.05) is 57.1 Å². The van der Waals surface area contributed by atoms with Gasteiger partial charge in [0.25, 0.3) is 0 Å². The summed E-state index contributed by atoms with van der Waals surface area (Å²) >= 11 is 0. The third-order valence-corrected chi connectivity index (χ3v) is 3.54. The molecule has 0 amide bonds. The number of fused-ring (bicyclic) bond motifs is 1. The minimum absolute atomic E-state index is 0.314. The van der Waals surface area contributed by atoms with E-state index >= 15 is 0 Å². The van der Waals surface area contributed by atoms with Crippen LogP contribution in [0.2, 0.25) is 0 Å². The largest absolute Gasteiger partial charge is 0.235 e. The molecule has 3 heteroatoms. The minimum atomic E-state index is 0.314. The summed E-state index contributed by atoms with van der Waals surface area (Å²) in [5, 5.41) is 9.18. The number of nitrogens with zero attached hydrogens (tertiary/aromatic N) is 3. The molecular weight excluding hydrogens is 270 g/mol. The fourth-order valence-electron chi connectivity index (χ4n) is 2.31. The van der Waals surface area contributed by atoms with Crippen molar-refractivity contribution in [1.29, 1.82) is 5.26 Å². The first-order chi connectivity index (χ1) is 10.8. The van der Waals surface area contributed by atoms with Crippen molar-refractivity contribution < 1.29 is 0 Å². The van der Waals surface area contributed by atoms with Crippen LogP contribution < -0.4 is 0 Å².